The smallest absolute Gasteiger partial charge is 0.321 e. The normalized spacial score (nSPS) is 16.1. The van der Waals surface area contributed by atoms with Gasteiger partial charge < -0.3 is 15.5 Å². The predicted octanol–water partition coefficient (Wildman–Crippen LogP) is 4.65. The fourth-order valence-corrected chi connectivity index (χ4v) is 4.31. The summed E-state index contributed by atoms with van der Waals surface area (Å²) in [5.74, 6) is -0.841. The number of urea groups is 1. The van der Waals surface area contributed by atoms with E-state index in [4.69, 9.17) is 0 Å². The van der Waals surface area contributed by atoms with Crippen LogP contribution in [0.5, 0.6) is 0 Å². The molecule has 2 heterocycles. The highest BCUT2D eigenvalue weighted by Crippen LogP contribution is 2.29. The molecule has 9 heteroatoms. The topological polar surface area (TPSA) is 87.2 Å². The van der Waals surface area contributed by atoms with E-state index in [1.165, 1.54) is 29.5 Å². The van der Waals surface area contributed by atoms with Crippen LogP contribution in [0.2, 0.25) is 0 Å². The first-order chi connectivity index (χ1) is 15.0. The van der Waals surface area contributed by atoms with E-state index < -0.39 is 11.7 Å². The van der Waals surface area contributed by atoms with E-state index in [1.807, 2.05) is 31.2 Å². The zero-order valence-corrected chi connectivity index (χ0v) is 17.8. The Hall–Kier alpha value is -3.33. The molecule has 3 amide bonds. The molecule has 0 spiro atoms. The molecule has 0 saturated carbocycles. The number of hydrogen-bond donors (Lipinski definition) is 2. The molecule has 1 saturated heterocycles. The number of aromatic nitrogens is 2. The molecule has 1 aliphatic heterocycles. The largest absolute Gasteiger partial charge is 0.324 e. The lowest BCUT2D eigenvalue weighted by molar-refractivity contribution is 0.102. The number of anilines is 2. The molecule has 1 aliphatic rings. The van der Waals surface area contributed by atoms with Crippen LogP contribution in [-0.4, -0.2) is 40.1 Å². The van der Waals surface area contributed by atoms with Crippen molar-refractivity contribution in [3.05, 3.63) is 69.9 Å². The van der Waals surface area contributed by atoms with Gasteiger partial charge in [0.25, 0.3) is 5.91 Å². The first kappa shape index (κ1) is 20.9. The number of piperidine rings is 1. The van der Waals surface area contributed by atoms with Crippen molar-refractivity contribution in [3.8, 4) is 0 Å². The van der Waals surface area contributed by atoms with Gasteiger partial charge in [-0.3, -0.25) is 4.79 Å². The summed E-state index contributed by atoms with van der Waals surface area (Å²) < 4.78 is 13.3. The summed E-state index contributed by atoms with van der Waals surface area (Å²) in [7, 11) is 0. The van der Waals surface area contributed by atoms with Gasteiger partial charge in [0, 0.05) is 30.4 Å². The fraction of sp³-hybridized carbons (Fsp3) is 0.273. The molecule has 1 atom stereocenters. The minimum Gasteiger partial charge on any atom is -0.324 e. The second-order valence-electron chi connectivity index (χ2n) is 7.49. The van der Waals surface area contributed by atoms with Gasteiger partial charge in [0.1, 0.15) is 10.8 Å². The minimum atomic E-state index is -0.431. The number of nitrogens with one attached hydrogen (secondary N) is 2. The van der Waals surface area contributed by atoms with Crippen LogP contribution in [0.15, 0.2) is 48.5 Å². The lowest BCUT2D eigenvalue weighted by atomic mass is 9.99. The highest BCUT2D eigenvalue weighted by atomic mass is 32.1. The maximum absolute atomic E-state index is 13.3. The van der Waals surface area contributed by atoms with Crippen molar-refractivity contribution in [3.63, 3.8) is 0 Å². The van der Waals surface area contributed by atoms with Crippen LogP contribution in [0.1, 0.15) is 39.1 Å². The second-order valence-corrected chi connectivity index (χ2v) is 8.50. The minimum absolute atomic E-state index is 0.0192. The van der Waals surface area contributed by atoms with Crippen LogP contribution in [-0.2, 0) is 0 Å². The molecule has 7 nitrogen and oxygen atoms in total. The highest BCUT2D eigenvalue weighted by molar-refractivity contribution is 7.13. The number of carbonyl (C=O) groups is 2. The van der Waals surface area contributed by atoms with Gasteiger partial charge in [0.05, 0.1) is 0 Å². The molecule has 1 fully saturated rings. The Balaban J connectivity index is 1.38. The zero-order chi connectivity index (χ0) is 21.8. The summed E-state index contributed by atoms with van der Waals surface area (Å²) in [5, 5.41) is 14.7. The van der Waals surface area contributed by atoms with E-state index in [-0.39, 0.29) is 17.0 Å². The van der Waals surface area contributed by atoms with E-state index in [0.717, 1.165) is 29.1 Å². The van der Waals surface area contributed by atoms with E-state index >= 15 is 0 Å². The maximum atomic E-state index is 13.3. The summed E-state index contributed by atoms with van der Waals surface area (Å²) in [6, 6.07) is 13.2. The quantitative estimate of drug-likeness (QED) is 0.620. The first-order valence-corrected chi connectivity index (χ1v) is 10.8. The van der Waals surface area contributed by atoms with Gasteiger partial charge in [-0.15, -0.1) is 10.2 Å². The van der Waals surface area contributed by atoms with Gasteiger partial charge >= 0.3 is 6.03 Å². The summed E-state index contributed by atoms with van der Waals surface area (Å²) in [6.45, 7) is 3.17. The Kier molecular flexibility index (Phi) is 6.22. The number of hydrogen-bond acceptors (Lipinski definition) is 5. The number of nitrogens with zero attached hydrogens (tertiary/aromatic N) is 3. The van der Waals surface area contributed by atoms with Gasteiger partial charge in [-0.25, -0.2) is 9.18 Å². The predicted molar refractivity (Wildman–Crippen MR) is 118 cm³/mol. The Morgan fingerprint density at radius 3 is 2.68 bits per heavy atom. The molecule has 160 valence electrons. The number of likely N-dealkylation sites (tertiary alicyclic amines) is 1. The third kappa shape index (κ3) is 5.24. The van der Waals surface area contributed by atoms with Gasteiger partial charge in [-0.05, 0) is 50.1 Å². The molecule has 0 radical (unpaired) electrons. The van der Waals surface area contributed by atoms with E-state index in [2.05, 4.69) is 20.8 Å². The van der Waals surface area contributed by atoms with Gasteiger partial charge in [-0.2, -0.15) is 0 Å². The van der Waals surface area contributed by atoms with Crippen molar-refractivity contribution in [2.45, 2.75) is 25.7 Å². The van der Waals surface area contributed by atoms with Crippen LogP contribution in [0, 0.1) is 12.7 Å². The molecular formula is C22H22FN5O2S. The number of benzene rings is 2. The average molecular weight is 440 g/mol. The van der Waals surface area contributed by atoms with Crippen molar-refractivity contribution in [2.75, 3.05) is 23.7 Å². The summed E-state index contributed by atoms with van der Waals surface area (Å²) >= 11 is 1.20. The van der Waals surface area contributed by atoms with Crippen LogP contribution in [0.25, 0.3) is 0 Å². The molecule has 0 unspecified atom stereocenters. The summed E-state index contributed by atoms with van der Waals surface area (Å²) in [6.07, 6.45) is 1.71. The fourth-order valence-electron chi connectivity index (χ4n) is 3.44. The Labute approximate surface area is 183 Å². The lowest BCUT2D eigenvalue weighted by Crippen LogP contribution is -2.41. The highest BCUT2D eigenvalue weighted by Gasteiger charge is 2.28. The summed E-state index contributed by atoms with van der Waals surface area (Å²) in [5.41, 5.74) is 2.24. The van der Waals surface area contributed by atoms with Gasteiger partial charge in [-0.1, -0.05) is 35.1 Å². The number of halogens is 1. The number of carbonyl (C=O) groups excluding carboxylic acids is 2. The molecule has 31 heavy (non-hydrogen) atoms. The van der Waals surface area contributed by atoms with Crippen LogP contribution >= 0.6 is 11.3 Å². The standard InChI is InChI=1S/C22H22FN5O2S/c1-14-7-9-17(10-8-14)25-22(30)28-11-3-4-15(13-28)20-26-27-21(31-20)19(29)24-18-6-2-5-16(23)12-18/h2,5-10,12,15H,3-4,11,13H2,1H3,(H,24,29)(H,25,30)/t15-/m0/s1. The Morgan fingerprint density at radius 2 is 1.90 bits per heavy atom. The number of amides is 3. The third-order valence-electron chi connectivity index (χ3n) is 5.08. The lowest BCUT2D eigenvalue weighted by Gasteiger charge is -2.31. The van der Waals surface area contributed by atoms with Crippen molar-refractivity contribution in [1.82, 2.24) is 15.1 Å². The molecule has 2 aromatic carbocycles. The molecular weight excluding hydrogens is 417 g/mol. The monoisotopic (exact) mass is 439 g/mol. The summed E-state index contributed by atoms with van der Waals surface area (Å²) in [4.78, 5) is 26.8. The second kappa shape index (κ2) is 9.22. The van der Waals surface area contributed by atoms with Crippen LogP contribution < -0.4 is 10.6 Å². The van der Waals surface area contributed by atoms with Gasteiger partial charge in [0.15, 0.2) is 0 Å². The number of rotatable bonds is 4. The van der Waals surface area contributed by atoms with Gasteiger partial charge in [0.2, 0.25) is 5.01 Å². The third-order valence-corrected chi connectivity index (χ3v) is 6.16. The van der Waals surface area contributed by atoms with E-state index in [9.17, 15) is 14.0 Å². The molecule has 3 aromatic rings. The molecule has 2 N–H and O–H groups in total. The zero-order valence-electron chi connectivity index (χ0n) is 17.0. The van der Waals surface area contributed by atoms with Crippen molar-refractivity contribution >= 4 is 34.6 Å². The van der Waals surface area contributed by atoms with Crippen molar-refractivity contribution < 1.29 is 14.0 Å². The van der Waals surface area contributed by atoms with E-state index in [1.54, 1.807) is 11.0 Å². The first-order valence-electron chi connectivity index (χ1n) is 10.0. The molecule has 0 aliphatic carbocycles. The Morgan fingerprint density at radius 1 is 1.10 bits per heavy atom. The van der Waals surface area contributed by atoms with Crippen LogP contribution in [0.4, 0.5) is 20.6 Å². The molecule has 1 aromatic heterocycles. The van der Waals surface area contributed by atoms with E-state index in [0.29, 0.717) is 18.8 Å². The number of aryl methyl sites for hydroxylation is 1. The molecule has 0 bridgehead atoms. The van der Waals surface area contributed by atoms with Crippen LogP contribution in [0.3, 0.4) is 0 Å². The Bertz CT molecular complexity index is 1090. The molecule has 4 rings (SSSR count). The van der Waals surface area contributed by atoms with Crippen molar-refractivity contribution in [1.29, 1.82) is 0 Å². The average Bonchev–Trinajstić information content (AvgIpc) is 3.26. The van der Waals surface area contributed by atoms with Crippen molar-refractivity contribution in [2.24, 2.45) is 0 Å². The SMILES string of the molecule is Cc1ccc(NC(=O)N2CCC[C@H](c3nnc(C(=O)Nc4cccc(F)c4)s3)C2)cc1. The maximum Gasteiger partial charge on any atom is 0.321 e.